The number of carboxylic acids is 1. The summed E-state index contributed by atoms with van der Waals surface area (Å²) >= 11 is 3.19. The molecule has 0 heterocycles. The van der Waals surface area contributed by atoms with Crippen LogP contribution in [0.1, 0.15) is 12.8 Å². The van der Waals surface area contributed by atoms with Crippen LogP contribution in [0.5, 0.6) is 0 Å². The number of carbonyl (C=O) groups is 2. The summed E-state index contributed by atoms with van der Waals surface area (Å²) in [5.41, 5.74) is 0.0648. The van der Waals surface area contributed by atoms with Crippen LogP contribution in [-0.4, -0.2) is 39.5 Å². The highest BCUT2D eigenvalue weighted by atomic mass is 79.9. The van der Waals surface area contributed by atoms with E-state index in [2.05, 4.69) is 21.2 Å². The van der Waals surface area contributed by atoms with Crippen LogP contribution in [0.25, 0.3) is 0 Å². The largest absolute Gasteiger partial charge is 0.480 e. The molecule has 0 bridgehead atoms. The normalized spacial score (nSPS) is 13.6. The van der Waals surface area contributed by atoms with Crippen molar-refractivity contribution in [2.45, 2.75) is 18.9 Å². The summed E-state index contributed by atoms with van der Waals surface area (Å²) in [5, 5.41) is 22.1. The molecule has 2 rings (SSSR count). The van der Waals surface area contributed by atoms with Crippen molar-refractivity contribution in [2.75, 3.05) is 11.9 Å². The summed E-state index contributed by atoms with van der Waals surface area (Å²) in [7, 11) is 0. The summed E-state index contributed by atoms with van der Waals surface area (Å²) in [5.74, 6) is -1.10. The number of carboxylic acid groups (broad SMARTS) is 1. The zero-order valence-corrected chi connectivity index (χ0v) is 12.4. The van der Waals surface area contributed by atoms with Crippen LogP contribution in [0.15, 0.2) is 22.7 Å². The molecule has 8 nitrogen and oxygen atoms in total. The zero-order valence-electron chi connectivity index (χ0n) is 10.8. The minimum atomic E-state index is -1.10. The van der Waals surface area contributed by atoms with Gasteiger partial charge in [-0.15, -0.1) is 0 Å². The van der Waals surface area contributed by atoms with Gasteiger partial charge >= 0.3 is 12.0 Å². The average Bonchev–Trinajstić information content (AvgIpc) is 3.22. The molecular formula is C12H12BrN3O5. The molecule has 0 aliphatic heterocycles. The third kappa shape index (κ3) is 3.91. The fourth-order valence-electron chi connectivity index (χ4n) is 1.81. The minimum absolute atomic E-state index is 0.0847. The Hall–Kier alpha value is -2.16. The highest BCUT2D eigenvalue weighted by Crippen LogP contribution is 2.30. The second kappa shape index (κ2) is 6.08. The molecule has 1 saturated carbocycles. The lowest BCUT2D eigenvalue weighted by Gasteiger charge is -2.21. The van der Waals surface area contributed by atoms with Crippen molar-refractivity contribution in [3.63, 3.8) is 0 Å². The van der Waals surface area contributed by atoms with Crippen LogP contribution >= 0.6 is 15.9 Å². The topological polar surface area (TPSA) is 113 Å². The van der Waals surface area contributed by atoms with E-state index in [1.165, 1.54) is 23.1 Å². The third-order valence-electron chi connectivity index (χ3n) is 2.96. The number of urea groups is 1. The monoisotopic (exact) mass is 357 g/mol. The number of non-ortho nitro benzene ring substituents is 1. The molecule has 1 aromatic rings. The number of amides is 2. The van der Waals surface area contributed by atoms with Crippen LogP contribution in [0, 0.1) is 10.1 Å². The molecule has 1 aromatic carbocycles. The summed E-state index contributed by atoms with van der Waals surface area (Å²) in [6, 6.07) is 3.30. The van der Waals surface area contributed by atoms with Crippen molar-refractivity contribution >= 4 is 39.3 Å². The van der Waals surface area contributed by atoms with E-state index in [0.717, 1.165) is 12.8 Å². The predicted molar refractivity (Wildman–Crippen MR) is 77.2 cm³/mol. The molecule has 21 heavy (non-hydrogen) atoms. The van der Waals surface area contributed by atoms with Crippen molar-refractivity contribution in [3.05, 3.63) is 32.8 Å². The lowest BCUT2D eigenvalue weighted by molar-refractivity contribution is -0.384. The number of rotatable bonds is 5. The maximum absolute atomic E-state index is 12.1. The second-order valence-electron chi connectivity index (χ2n) is 4.60. The first-order valence-electron chi connectivity index (χ1n) is 6.12. The molecule has 0 saturated heterocycles. The Morgan fingerprint density at radius 2 is 2.14 bits per heavy atom. The molecule has 0 radical (unpaired) electrons. The number of halogens is 1. The number of nitro benzene ring substituents is 1. The first-order valence-corrected chi connectivity index (χ1v) is 6.91. The van der Waals surface area contributed by atoms with E-state index < -0.39 is 23.5 Å². The molecule has 0 unspecified atom stereocenters. The smallest absolute Gasteiger partial charge is 0.323 e. The van der Waals surface area contributed by atoms with E-state index in [1.54, 1.807) is 0 Å². The average molecular weight is 358 g/mol. The number of hydrogen-bond acceptors (Lipinski definition) is 4. The van der Waals surface area contributed by atoms with E-state index in [0.29, 0.717) is 4.47 Å². The van der Waals surface area contributed by atoms with E-state index in [-0.39, 0.29) is 17.4 Å². The van der Waals surface area contributed by atoms with Gasteiger partial charge in [-0.2, -0.15) is 0 Å². The standard InChI is InChI=1S/C12H12BrN3O5/c13-9-4-3-8(16(20)21)5-10(9)14-12(19)15(6-11(17)18)7-1-2-7/h3-5,7H,1-2,6H2,(H,14,19)(H,17,18). The lowest BCUT2D eigenvalue weighted by atomic mass is 10.3. The number of hydrogen-bond donors (Lipinski definition) is 2. The molecule has 9 heteroatoms. The van der Waals surface area contributed by atoms with E-state index in [1.807, 2.05) is 0 Å². The van der Waals surface area contributed by atoms with Crippen molar-refractivity contribution < 1.29 is 19.6 Å². The molecule has 1 aliphatic rings. The number of nitro groups is 1. The number of anilines is 1. The molecule has 0 spiro atoms. The van der Waals surface area contributed by atoms with Crippen LogP contribution in [0.3, 0.4) is 0 Å². The number of nitrogens with one attached hydrogen (secondary N) is 1. The van der Waals surface area contributed by atoms with Crippen LogP contribution < -0.4 is 5.32 Å². The van der Waals surface area contributed by atoms with Gasteiger partial charge in [0.2, 0.25) is 0 Å². The first kappa shape index (κ1) is 15.2. The molecular weight excluding hydrogens is 346 g/mol. The first-order chi connectivity index (χ1) is 9.88. The predicted octanol–water partition coefficient (Wildman–Crippen LogP) is 2.44. The maximum atomic E-state index is 12.1. The Morgan fingerprint density at radius 1 is 1.48 bits per heavy atom. The Bertz CT molecular complexity index is 603. The third-order valence-corrected chi connectivity index (χ3v) is 3.65. The van der Waals surface area contributed by atoms with Crippen molar-refractivity contribution in [3.8, 4) is 0 Å². The summed E-state index contributed by atoms with van der Waals surface area (Å²) in [6.07, 6.45) is 1.52. The van der Waals surface area contributed by atoms with Gasteiger partial charge in [-0.05, 0) is 34.8 Å². The molecule has 2 N–H and O–H groups in total. The summed E-state index contributed by atoms with van der Waals surface area (Å²) in [4.78, 5) is 34.3. The Labute approximate surface area is 128 Å². The maximum Gasteiger partial charge on any atom is 0.323 e. The summed E-state index contributed by atoms with van der Waals surface area (Å²) < 4.78 is 0.479. The Balaban J connectivity index is 2.15. The van der Waals surface area contributed by atoms with E-state index in [9.17, 15) is 19.7 Å². The molecule has 0 aromatic heterocycles. The molecule has 112 valence electrons. The Morgan fingerprint density at radius 3 is 2.67 bits per heavy atom. The molecule has 2 amide bonds. The number of benzene rings is 1. The summed E-state index contributed by atoms with van der Waals surface area (Å²) in [6.45, 7) is -0.400. The lowest BCUT2D eigenvalue weighted by Crippen LogP contribution is -2.40. The molecule has 0 atom stereocenters. The van der Waals surface area contributed by atoms with Crippen molar-refractivity contribution in [2.24, 2.45) is 0 Å². The SMILES string of the molecule is O=C(O)CN(C(=O)Nc1cc([N+](=O)[O-])ccc1Br)C1CC1. The van der Waals surface area contributed by atoms with Crippen LogP contribution in [0.4, 0.5) is 16.2 Å². The van der Waals surface area contributed by atoms with Gasteiger partial charge in [0, 0.05) is 22.6 Å². The van der Waals surface area contributed by atoms with Gasteiger partial charge in [0.1, 0.15) is 6.54 Å². The number of aliphatic carboxylic acids is 1. The van der Waals surface area contributed by atoms with Gasteiger partial charge in [-0.1, -0.05) is 0 Å². The van der Waals surface area contributed by atoms with Crippen LogP contribution in [0.2, 0.25) is 0 Å². The molecule has 1 fully saturated rings. The molecule has 1 aliphatic carbocycles. The fourth-order valence-corrected chi connectivity index (χ4v) is 2.15. The highest BCUT2D eigenvalue weighted by Gasteiger charge is 2.34. The number of nitrogens with zero attached hydrogens (tertiary/aromatic N) is 2. The fraction of sp³-hybridized carbons (Fsp3) is 0.333. The van der Waals surface area contributed by atoms with Gasteiger partial charge < -0.3 is 15.3 Å². The van der Waals surface area contributed by atoms with Gasteiger partial charge in [0.05, 0.1) is 10.6 Å². The second-order valence-corrected chi connectivity index (χ2v) is 5.46. The van der Waals surface area contributed by atoms with Gasteiger partial charge in [-0.3, -0.25) is 14.9 Å². The quantitative estimate of drug-likeness (QED) is 0.620. The van der Waals surface area contributed by atoms with Crippen LogP contribution in [-0.2, 0) is 4.79 Å². The Kier molecular flexibility index (Phi) is 4.41. The van der Waals surface area contributed by atoms with Gasteiger partial charge in [0.25, 0.3) is 5.69 Å². The van der Waals surface area contributed by atoms with E-state index in [4.69, 9.17) is 5.11 Å². The number of carbonyl (C=O) groups excluding carboxylic acids is 1. The van der Waals surface area contributed by atoms with Gasteiger partial charge in [0.15, 0.2) is 0 Å². The minimum Gasteiger partial charge on any atom is -0.480 e. The van der Waals surface area contributed by atoms with Crippen molar-refractivity contribution in [1.82, 2.24) is 4.90 Å². The van der Waals surface area contributed by atoms with Crippen molar-refractivity contribution in [1.29, 1.82) is 0 Å². The van der Waals surface area contributed by atoms with Gasteiger partial charge in [-0.25, -0.2) is 4.79 Å². The zero-order chi connectivity index (χ0) is 15.6. The highest BCUT2D eigenvalue weighted by molar-refractivity contribution is 9.10. The van der Waals surface area contributed by atoms with E-state index >= 15 is 0 Å².